The van der Waals surface area contributed by atoms with Gasteiger partial charge in [0.15, 0.2) is 0 Å². The van der Waals surface area contributed by atoms with Crippen molar-refractivity contribution in [1.29, 1.82) is 0 Å². The van der Waals surface area contributed by atoms with E-state index in [1.165, 1.54) is 5.56 Å². The fraction of sp³-hybridized carbons (Fsp3) is 0.231. The molecule has 0 unspecified atom stereocenters. The van der Waals surface area contributed by atoms with E-state index in [4.69, 9.17) is 0 Å². The molecule has 0 fully saturated rings. The van der Waals surface area contributed by atoms with Crippen LogP contribution in [0, 0.1) is 6.92 Å². The minimum absolute atomic E-state index is 0.838. The van der Waals surface area contributed by atoms with Crippen LogP contribution >= 0.6 is 15.9 Å². The van der Waals surface area contributed by atoms with Crippen molar-refractivity contribution in [2.45, 2.75) is 13.3 Å². The molecule has 0 saturated heterocycles. The summed E-state index contributed by atoms with van der Waals surface area (Å²) in [6, 6.07) is 7.99. The molecule has 0 atom stereocenters. The first-order chi connectivity index (χ1) is 8.25. The van der Waals surface area contributed by atoms with E-state index in [2.05, 4.69) is 38.1 Å². The van der Waals surface area contributed by atoms with Crippen molar-refractivity contribution in [2.24, 2.45) is 0 Å². The van der Waals surface area contributed by atoms with Gasteiger partial charge in [-0.1, -0.05) is 6.07 Å². The van der Waals surface area contributed by atoms with Crippen molar-refractivity contribution in [2.75, 3.05) is 11.9 Å². The molecule has 0 amide bonds. The molecule has 0 aliphatic carbocycles. The predicted molar refractivity (Wildman–Crippen MR) is 73.1 cm³/mol. The van der Waals surface area contributed by atoms with Gasteiger partial charge in [0.05, 0.1) is 0 Å². The van der Waals surface area contributed by atoms with Crippen LogP contribution in [0.25, 0.3) is 0 Å². The van der Waals surface area contributed by atoms with Gasteiger partial charge < -0.3 is 5.32 Å². The average Bonchev–Trinajstić information content (AvgIpc) is 2.35. The number of nitrogens with zero attached hydrogens (tertiary/aromatic N) is 2. The number of anilines is 1. The second-order valence-electron chi connectivity index (χ2n) is 3.82. The summed E-state index contributed by atoms with van der Waals surface area (Å²) < 4.78 is 1.03. The highest BCUT2D eigenvalue weighted by molar-refractivity contribution is 9.10. The quantitative estimate of drug-likeness (QED) is 0.940. The maximum atomic E-state index is 4.29. The Bertz CT molecular complexity index is 485. The summed E-state index contributed by atoms with van der Waals surface area (Å²) in [5, 5.41) is 3.29. The number of hydrogen-bond donors (Lipinski definition) is 1. The zero-order valence-corrected chi connectivity index (χ0v) is 11.2. The Morgan fingerprint density at radius 1 is 1.29 bits per heavy atom. The van der Waals surface area contributed by atoms with E-state index in [0.717, 1.165) is 29.0 Å². The topological polar surface area (TPSA) is 37.8 Å². The van der Waals surface area contributed by atoms with Gasteiger partial charge in [0.2, 0.25) is 0 Å². The first-order valence-corrected chi connectivity index (χ1v) is 6.31. The lowest BCUT2D eigenvalue weighted by atomic mass is 10.2. The molecule has 4 heteroatoms. The van der Waals surface area contributed by atoms with Crippen LogP contribution < -0.4 is 5.32 Å². The van der Waals surface area contributed by atoms with Gasteiger partial charge in [-0.25, -0.2) is 4.98 Å². The number of pyridine rings is 2. The lowest BCUT2D eigenvalue weighted by molar-refractivity contribution is 0.953. The Labute approximate surface area is 109 Å². The van der Waals surface area contributed by atoms with Gasteiger partial charge in [0.1, 0.15) is 5.82 Å². The first kappa shape index (κ1) is 12.0. The Balaban J connectivity index is 1.88. The van der Waals surface area contributed by atoms with Gasteiger partial charge in [-0.15, -0.1) is 0 Å². The third-order valence-corrected chi connectivity index (χ3v) is 3.29. The van der Waals surface area contributed by atoms with Crippen LogP contribution in [0.2, 0.25) is 0 Å². The molecule has 0 aliphatic rings. The summed E-state index contributed by atoms with van der Waals surface area (Å²) in [6.45, 7) is 2.89. The molecule has 2 aromatic rings. The van der Waals surface area contributed by atoms with Gasteiger partial charge >= 0.3 is 0 Å². The molecule has 0 aliphatic heterocycles. The highest BCUT2D eigenvalue weighted by atomic mass is 79.9. The van der Waals surface area contributed by atoms with E-state index in [9.17, 15) is 0 Å². The van der Waals surface area contributed by atoms with Crippen molar-refractivity contribution in [3.05, 3.63) is 52.4 Å². The number of hydrogen-bond acceptors (Lipinski definition) is 3. The van der Waals surface area contributed by atoms with E-state index in [0.29, 0.717) is 0 Å². The van der Waals surface area contributed by atoms with Crippen LogP contribution in [0.3, 0.4) is 0 Å². The third kappa shape index (κ3) is 3.53. The van der Waals surface area contributed by atoms with Crippen LogP contribution in [-0.2, 0) is 6.42 Å². The Kier molecular flexibility index (Phi) is 4.09. The summed E-state index contributed by atoms with van der Waals surface area (Å²) in [5.74, 6) is 0.904. The largest absolute Gasteiger partial charge is 0.370 e. The Morgan fingerprint density at radius 2 is 2.18 bits per heavy atom. The number of rotatable bonds is 4. The smallest absolute Gasteiger partial charge is 0.126 e. The van der Waals surface area contributed by atoms with Gasteiger partial charge in [0.25, 0.3) is 0 Å². The molecule has 0 bridgehead atoms. The van der Waals surface area contributed by atoms with E-state index in [1.54, 1.807) is 0 Å². The Morgan fingerprint density at radius 3 is 2.88 bits per heavy atom. The summed E-state index contributed by atoms with van der Waals surface area (Å²) in [5.41, 5.74) is 2.27. The molecule has 88 valence electrons. The molecular weight excluding hydrogens is 278 g/mol. The maximum absolute atomic E-state index is 4.29. The number of aromatic nitrogens is 2. The van der Waals surface area contributed by atoms with Crippen molar-refractivity contribution in [3.63, 3.8) is 0 Å². The van der Waals surface area contributed by atoms with Crippen molar-refractivity contribution in [3.8, 4) is 0 Å². The third-order valence-electron chi connectivity index (χ3n) is 2.46. The molecular formula is C13H14BrN3. The highest BCUT2D eigenvalue weighted by Gasteiger charge is 1.98. The van der Waals surface area contributed by atoms with Crippen molar-refractivity contribution >= 4 is 21.7 Å². The number of aryl methyl sites for hydroxylation is 1. The molecule has 0 spiro atoms. The fourth-order valence-electron chi connectivity index (χ4n) is 1.50. The van der Waals surface area contributed by atoms with Crippen LogP contribution in [0.15, 0.2) is 41.1 Å². The van der Waals surface area contributed by atoms with Crippen LogP contribution in [-0.4, -0.2) is 16.5 Å². The second-order valence-corrected chi connectivity index (χ2v) is 4.67. The monoisotopic (exact) mass is 291 g/mol. The van der Waals surface area contributed by atoms with Gasteiger partial charge in [-0.2, -0.15) is 0 Å². The summed E-state index contributed by atoms with van der Waals surface area (Å²) in [4.78, 5) is 8.57. The van der Waals surface area contributed by atoms with Crippen LogP contribution in [0.4, 0.5) is 5.82 Å². The predicted octanol–water partition coefficient (Wildman–Crippen LogP) is 3.20. The number of halogens is 1. The fourth-order valence-corrected chi connectivity index (χ4v) is 1.72. The molecule has 2 heterocycles. The minimum atomic E-state index is 0.838. The normalized spacial score (nSPS) is 10.2. The van der Waals surface area contributed by atoms with E-state index in [1.807, 2.05) is 36.7 Å². The maximum Gasteiger partial charge on any atom is 0.126 e. The molecule has 0 saturated carbocycles. The minimum Gasteiger partial charge on any atom is -0.370 e. The number of nitrogens with one attached hydrogen (secondary N) is 1. The molecule has 3 nitrogen and oxygen atoms in total. The van der Waals surface area contributed by atoms with Gasteiger partial charge in [-0.05, 0) is 46.6 Å². The zero-order valence-electron chi connectivity index (χ0n) is 9.65. The van der Waals surface area contributed by atoms with E-state index >= 15 is 0 Å². The van der Waals surface area contributed by atoms with E-state index in [-0.39, 0.29) is 0 Å². The Hall–Kier alpha value is -1.42. The summed E-state index contributed by atoms with van der Waals surface area (Å²) >= 11 is 3.43. The SMILES string of the molecule is Cc1cc(NCCc2ccccn2)ncc1Br. The average molecular weight is 292 g/mol. The van der Waals surface area contributed by atoms with Gasteiger partial charge in [-0.3, -0.25) is 4.98 Å². The van der Waals surface area contributed by atoms with E-state index < -0.39 is 0 Å². The van der Waals surface area contributed by atoms with Gasteiger partial charge in [0, 0.05) is 35.5 Å². The lowest BCUT2D eigenvalue weighted by Crippen LogP contribution is -2.07. The molecule has 0 radical (unpaired) electrons. The molecule has 0 aromatic carbocycles. The lowest BCUT2D eigenvalue weighted by Gasteiger charge is -2.06. The summed E-state index contributed by atoms with van der Waals surface area (Å²) in [7, 11) is 0. The molecule has 2 rings (SSSR count). The second kappa shape index (κ2) is 5.77. The molecule has 2 aromatic heterocycles. The zero-order chi connectivity index (χ0) is 12.1. The van der Waals surface area contributed by atoms with Crippen molar-refractivity contribution in [1.82, 2.24) is 9.97 Å². The summed E-state index contributed by atoms with van der Waals surface area (Å²) in [6.07, 6.45) is 4.54. The highest BCUT2D eigenvalue weighted by Crippen LogP contribution is 2.17. The van der Waals surface area contributed by atoms with Crippen molar-refractivity contribution < 1.29 is 0 Å². The first-order valence-electron chi connectivity index (χ1n) is 5.51. The molecule has 17 heavy (non-hydrogen) atoms. The molecule has 1 N–H and O–H groups in total. The van der Waals surface area contributed by atoms with Crippen LogP contribution in [0.1, 0.15) is 11.3 Å². The van der Waals surface area contributed by atoms with Crippen LogP contribution in [0.5, 0.6) is 0 Å². The standard InChI is InChI=1S/C13H14BrN3/c1-10-8-13(17-9-12(10)14)16-7-5-11-4-2-3-6-15-11/h2-4,6,8-9H,5,7H2,1H3,(H,16,17).